The number of halogens is 1. The topological polar surface area (TPSA) is 67.2 Å². The zero-order chi connectivity index (χ0) is 26.8. The van der Waals surface area contributed by atoms with E-state index in [1.54, 1.807) is 16.2 Å². The van der Waals surface area contributed by atoms with Crippen molar-refractivity contribution in [3.8, 4) is 16.3 Å². The van der Waals surface area contributed by atoms with Crippen molar-refractivity contribution in [2.45, 2.75) is 26.0 Å². The van der Waals surface area contributed by atoms with E-state index in [9.17, 15) is 9.59 Å². The molecule has 196 valence electrons. The highest BCUT2D eigenvalue weighted by atomic mass is 35.5. The number of aryl methyl sites for hydroxylation is 1. The van der Waals surface area contributed by atoms with E-state index >= 15 is 0 Å². The largest absolute Gasteiger partial charge is 0.354 e. The number of fused-ring (bicyclic) bond motifs is 1. The number of benzene rings is 2. The third-order valence-electron chi connectivity index (χ3n) is 6.28. The van der Waals surface area contributed by atoms with Gasteiger partial charge in [-0.1, -0.05) is 61.3 Å². The van der Waals surface area contributed by atoms with Gasteiger partial charge >= 0.3 is 0 Å². The third-order valence-corrected chi connectivity index (χ3v) is 8.65. The molecule has 1 aliphatic heterocycles. The van der Waals surface area contributed by atoms with Crippen molar-refractivity contribution in [3.05, 3.63) is 87.8 Å². The molecule has 5 rings (SSSR count). The number of anilines is 1. The van der Waals surface area contributed by atoms with Crippen LogP contribution >= 0.6 is 34.7 Å². The van der Waals surface area contributed by atoms with Crippen LogP contribution in [0, 0.1) is 12.8 Å². The summed E-state index contributed by atoms with van der Waals surface area (Å²) < 4.78 is 1.82. The van der Waals surface area contributed by atoms with Gasteiger partial charge < -0.3 is 5.32 Å². The van der Waals surface area contributed by atoms with Gasteiger partial charge in [-0.15, -0.1) is 23.1 Å². The lowest BCUT2D eigenvalue weighted by Gasteiger charge is -2.23. The number of hydrogen-bond donors (Lipinski definition) is 1. The summed E-state index contributed by atoms with van der Waals surface area (Å²) in [6.07, 6.45) is 0. The summed E-state index contributed by atoms with van der Waals surface area (Å²) in [4.78, 5) is 29.3. The van der Waals surface area contributed by atoms with Crippen molar-refractivity contribution in [2.24, 2.45) is 5.92 Å². The van der Waals surface area contributed by atoms with Gasteiger partial charge in [0.05, 0.1) is 21.6 Å². The molecule has 0 aliphatic carbocycles. The summed E-state index contributed by atoms with van der Waals surface area (Å²) in [6.45, 7) is 6.59. The van der Waals surface area contributed by atoms with Gasteiger partial charge in [0.25, 0.3) is 0 Å². The van der Waals surface area contributed by atoms with E-state index in [1.165, 1.54) is 11.8 Å². The second-order valence-corrected chi connectivity index (χ2v) is 12.2. The Morgan fingerprint density at radius 2 is 1.95 bits per heavy atom. The fraction of sp³-hybridized carbons (Fsp3) is 0.276. The molecular formula is C29H29ClN4O2S2. The Balaban J connectivity index is 1.74. The molecule has 6 nitrogen and oxygen atoms in total. The Morgan fingerprint density at radius 1 is 1.16 bits per heavy atom. The predicted octanol–water partition coefficient (Wildman–Crippen LogP) is 6.50. The maximum Gasteiger partial charge on any atom is 0.240 e. The Morgan fingerprint density at radius 3 is 2.63 bits per heavy atom. The summed E-state index contributed by atoms with van der Waals surface area (Å²) in [5.41, 5.74) is 4.65. The molecule has 3 heterocycles. The van der Waals surface area contributed by atoms with Gasteiger partial charge in [0.1, 0.15) is 18.1 Å². The third kappa shape index (κ3) is 5.53. The number of aromatic nitrogens is 2. The number of amides is 2. The lowest BCUT2D eigenvalue weighted by atomic mass is 10.0. The first-order valence-corrected chi connectivity index (χ1v) is 14.8. The summed E-state index contributed by atoms with van der Waals surface area (Å²) in [5.74, 6) is 0.823. The summed E-state index contributed by atoms with van der Waals surface area (Å²) in [5, 5.41) is 10.5. The second-order valence-electron chi connectivity index (χ2n) is 9.73. The van der Waals surface area contributed by atoms with Gasteiger partial charge in [-0.25, -0.2) is 4.68 Å². The average Bonchev–Trinajstić information content (AvgIpc) is 3.52. The standard InChI is InChI=1S/C29H29ClN4O2S2/c1-18(2)15-31-24(35)16-33-25(36)17-38-28(20-6-4-7-21(30)14-20)26-27(23-8-5-13-37-23)32-34(29(26)33)22-11-9-19(3)10-12-22/h4-14,18,28H,15-17H2,1-3H3,(H,31,35)/t28-/m0/s1. The zero-order valence-corrected chi connectivity index (χ0v) is 23.9. The van der Waals surface area contributed by atoms with E-state index < -0.39 is 0 Å². The van der Waals surface area contributed by atoms with Crippen molar-refractivity contribution in [1.29, 1.82) is 0 Å². The van der Waals surface area contributed by atoms with Crippen LogP contribution in [0.1, 0.15) is 35.8 Å². The highest BCUT2D eigenvalue weighted by Gasteiger charge is 2.38. The fourth-order valence-electron chi connectivity index (χ4n) is 4.43. The molecular weight excluding hydrogens is 536 g/mol. The molecule has 2 aromatic heterocycles. The SMILES string of the molecule is Cc1ccc(-n2nc(-c3cccs3)c3c2N(CC(=O)NCC(C)C)C(=O)CS[C@H]3c2cccc(Cl)c2)cc1. The van der Waals surface area contributed by atoms with Gasteiger partial charge in [-0.05, 0) is 54.1 Å². The average molecular weight is 565 g/mol. The van der Waals surface area contributed by atoms with Crippen LogP contribution in [0.25, 0.3) is 16.3 Å². The number of hydrogen-bond acceptors (Lipinski definition) is 5. The number of carbonyl (C=O) groups excluding carboxylic acids is 2. The van der Waals surface area contributed by atoms with Gasteiger partial charge in [-0.2, -0.15) is 5.10 Å². The molecule has 1 aliphatic rings. The minimum atomic E-state index is -0.201. The lowest BCUT2D eigenvalue weighted by Crippen LogP contribution is -2.43. The molecule has 2 aromatic carbocycles. The minimum Gasteiger partial charge on any atom is -0.354 e. The summed E-state index contributed by atoms with van der Waals surface area (Å²) >= 11 is 9.55. The second kappa shape index (κ2) is 11.4. The number of carbonyl (C=O) groups is 2. The Hall–Kier alpha value is -3.07. The molecule has 0 bridgehead atoms. The molecule has 2 amide bonds. The first-order valence-electron chi connectivity index (χ1n) is 12.5. The predicted molar refractivity (Wildman–Crippen MR) is 158 cm³/mol. The molecule has 38 heavy (non-hydrogen) atoms. The Bertz CT molecular complexity index is 1450. The van der Waals surface area contributed by atoms with Gasteiger partial charge in [0.2, 0.25) is 11.8 Å². The lowest BCUT2D eigenvalue weighted by molar-refractivity contribution is -0.123. The van der Waals surface area contributed by atoms with Crippen LogP contribution in [-0.4, -0.2) is 40.4 Å². The molecule has 0 saturated carbocycles. The molecule has 1 atom stereocenters. The molecule has 9 heteroatoms. The van der Waals surface area contributed by atoms with Crippen LogP contribution in [0.4, 0.5) is 5.82 Å². The minimum absolute atomic E-state index is 0.0805. The van der Waals surface area contributed by atoms with Crippen LogP contribution in [0.2, 0.25) is 5.02 Å². The van der Waals surface area contributed by atoms with Crippen LogP contribution < -0.4 is 10.2 Å². The molecule has 1 N–H and O–H groups in total. The number of nitrogens with zero attached hydrogens (tertiary/aromatic N) is 3. The van der Waals surface area contributed by atoms with E-state index in [0.29, 0.717) is 23.3 Å². The van der Waals surface area contributed by atoms with Crippen molar-refractivity contribution in [3.63, 3.8) is 0 Å². The van der Waals surface area contributed by atoms with E-state index in [2.05, 4.69) is 5.32 Å². The first-order chi connectivity index (χ1) is 18.3. The van der Waals surface area contributed by atoms with E-state index in [-0.39, 0.29) is 29.4 Å². The Labute approximate surface area is 236 Å². The van der Waals surface area contributed by atoms with Crippen molar-refractivity contribution in [1.82, 2.24) is 15.1 Å². The summed E-state index contributed by atoms with van der Waals surface area (Å²) in [6, 6.07) is 19.8. The zero-order valence-electron chi connectivity index (χ0n) is 21.5. The van der Waals surface area contributed by atoms with E-state index in [4.69, 9.17) is 16.7 Å². The number of thioether (sulfide) groups is 1. The molecule has 0 radical (unpaired) electrons. The molecule has 4 aromatic rings. The van der Waals surface area contributed by atoms with E-state index in [1.807, 2.05) is 91.5 Å². The molecule has 0 unspecified atom stereocenters. The van der Waals surface area contributed by atoms with Gasteiger partial charge in [-0.3, -0.25) is 14.5 Å². The quantitative estimate of drug-likeness (QED) is 0.278. The van der Waals surface area contributed by atoms with Gasteiger partial charge in [0, 0.05) is 17.1 Å². The van der Waals surface area contributed by atoms with Crippen LogP contribution in [0.3, 0.4) is 0 Å². The highest BCUT2D eigenvalue weighted by Crippen LogP contribution is 2.49. The van der Waals surface area contributed by atoms with Crippen LogP contribution in [-0.2, 0) is 9.59 Å². The summed E-state index contributed by atoms with van der Waals surface area (Å²) in [7, 11) is 0. The smallest absolute Gasteiger partial charge is 0.240 e. The van der Waals surface area contributed by atoms with Crippen molar-refractivity contribution in [2.75, 3.05) is 23.7 Å². The molecule has 0 spiro atoms. The van der Waals surface area contributed by atoms with Crippen LogP contribution in [0.5, 0.6) is 0 Å². The van der Waals surface area contributed by atoms with E-state index in [0.717, 1.165) is 32.9 Å². The maximum atomic E-state index is 13.7. The molecule has 0 fully saturated rings. The van der Waals surface area contributed by atoms with Crippen LogP contribution in [0.15, 0.2) is 66.0 Å². The number of nitrogens with one attached hydrogen (secondary N) is 1. The normalized spacial score (nSPS) is 15.4. The fourth-order valence-corrected chi connectivity index (χ4v) is 6.54. The first kappa shape index (κ1) is 26.5. The monoisotopic (exact) mass is 564 g/mol. The van der Waals surface area contributed by atoms with Crippen molar-refractivity contribution >= 4 is 52.3 Å². The maximum absolute atomic E-state index is 13.7. The number of rotatable bonds is 7. The number of thiophene rings is 1. The van der Waals surface area contributed by atoms with Gasteiger partial charge in [0.15, 0.2) is 0 Å². The Kier molecular flexibility index (Phi) is 7.93. The molecule has 0 saturated heterocycles. The van der Waals surface area contributed by atoms with Crippen molar-refractivity contribution < 1.29 is 9.59 Å². The highest BCUT2D eigenvalue weighted by molar-refractivity contribution is 8.00.